The van der Waals surface area contributed by atoms with Crippen LogP contribution in [0.4, 0.5) is 0 Å². The van der Waals surface area contributed by atoms with Crippen LogP contribution in [0.15, 0.2) is 65.8 Å². The summed E-state index contributed by atoms with van der Waals surface area (Å²) >= 11 is 6.00. The van der Waals surface area contributed by atoms with Crippen LogP contribution >= 0.6 is 11.6 Å². The van der Waals surface area contributed by atoms with E-state index in [4.69, 9.17) is 11.6 Å². The van der Waals surface area contributed by atoms with Gasteiger partial charge in [-0.3, -0.25) is 4.79 Å². The molecule has 0 atom stereocenters. The molecule has 10 heteroatoms. The lowest BCUT2D eigenvalue weighted by atomic mass is 10.2. The number of hydrogen-bond donors (Lipinski definition) is 0. The fraction of sp³-hybridized carbons (Fsp3) is 0.190. The monoisotopic (exact) mass is 458 g/mol. The third-order valence-corrected chi connectivity index (χ3v) is 6.83. The van der Waals surface area contributed by atoms with Gasteiger partial charge in [0.1, 0.15) is 5.15 Å². The Morgan fingerprint density at radius 3 is 2.61 bits per heavy atom. The van der Waals surface area contributed by atoms with Gasteiger partial charge < -0.3 is 4.74 Å². The molecule has 0 saturated carbocycles. The number of carbonyl (C=O) groups excluding carboxylic acids is 1. The van der Waals surface area contributed by atoms with Gasteiger partial charge in [0, 0.05) is 24.5 Å². The standard InChI is InChI=1S/C21H19ClN4O4S/c1-30-21(27)5-2-4-16-14-18-19(10-11-20(22)24-18)26(16)31(28,29)17-8-6-15(7-9-17)25-13-3-12-23-25/h3,6-14H,2,4-5H2,1H3. The van der Waals surface area contributed by atoms with E-state index < -0.39 is 10.0 Å². The number of carbonyl (C=O) groups is 1. The Morgan fingerprint density at radius 2 is 1.94 bits per heavy atom. The van der Waals surface area contributed by atoms with Crippen LogP contribution in [0, 0.1) is 0 Å². The molecule has 1 aromatic carbocycles. The first-order valence-electron chi connectivity index (χ1n) is 9.49. The zero-order valence-corrected chi connectivity index (χ0v) is 18.2. The fourth-order valence-electron chi connectivity index (χ4n) is 3.36. The maximum absolute atomic E-state index is 13.6. The van der Waals surface area contributed by atoms with Crippen LogP contribution in [0.25, 0.3) is 16.7 Å². The summed E-state index contributed by atoms with van der Waals surface area (Å²) < 4.78 is 34.7. The highest BCUT2D eigenvalue weighted by Crippen LogP contribution is 2.27. The van der Waals surface area contributed by atoms with Crippen LogP contribution in [0.3, 0.4) is 0 Å². The molecule has 31 heavy (non-hydrogen) atoms. The van der Waals surface area contributed by atoms with E-state index in [1.807, 2.05) is 0 Å². The molecule has 0 aliphatic rings. The summed E-state index contributed by atoms with van der Waals surface area (Å²) in [5.41, 5.74) is 2.16. The van der Waals surface area contributed by atoms with E-state index >= 15 is 0 Å². The van der Waals surface area contributed by atoms with E-state index in [0.717, 1.165) is 5.69 Å². The third-order valence-electron chi connectivity index (χ3n) is 4.84. The minimum atomic E-state index is -3.92. The Labute approximate surface area is 184 Å². The molecule has 3 aromatic heterocycles. The molecule has 0 fully saturated rings. The van der Waals surface area contributed by atoms with Gasteiger partial charge in [-0.15, -0.1) is 0 Å². The van der Waals surface area contributed by atoms with Gasteiger partial charge in [0.2, 0.25) is 0 Å². The number of halogens is 1. The second kappa shape index (κ2) is 8.52. The van der Waals surface area contributed by atoms with Crippen molar-refractivity contribution in [2.75, 3.05) is 7.11 Å². The molecule has 8 nitrogen and oxygen atoms in total. The minimum absolute atomic E-state index is 0.130. The number of hydrogen-bond acceptors (Lipinski definition) is 6. The van der Waals surface area contributed by atoms with E-state index in [9.17, 15) is 13.2 Å². The lowest BCUT2D eigenvalue weighted by Crippen LogP contribution is -2.16. The molecule has 0 aliphatic carbocycles. The van der Waals surface area contributed by atoms with Crippen molar-refractivity contribution in [1.82, 2.24) is 18.7 Å². The molecule has 0 amide bonds. The Kier molecular flexibility index (Phi) is 5.79. The summed E-state index contributed by atoms with van der Waals surface area (Å²) in [7, 11) is -2.60. The van der Waals surface area contributed by atoms with E-state index in [0.29, 0.717) is 29.6 Å². The van der Waals surface area contributed by atoms with Crippen molar-refractivity contribution in [3.8, 4) is 5.69 Å². The molecule has 0 unspecified atom stereocenters. The van der Waals surface area contributed by atoms with E-state index in [1.165, 1.54) is 11.1 Å². The summed E-state index contributed by atoms with van der Waals surface area (Å²) in [6.07, 6.45) is 4.40. The minimum Gasteiger partial charge on any atom is -0.469 e. The van der Waals surface area contributed by atoms with Gasteiger partial charge >= 0.3 is 5.97 Å². The number of rotatable bonds is 7. The van der Waals surface area contributed by atoms with Crippen molar-refractivity contribution < 1.29 is 17.9 Å². The molecule has 0 radical (unpaired) electrons. The molecule has 0 spiro atoms. The largest absolute Gasteiger partial charge is 0.469 e. The van der Waals surface area contributed by atoms with Crippen LogP contribution in [0.1, 0.15) is 18.5 Å². The van der Waals surface area contributed by atoms with Crippen molar-refractivity contribution in [2.45, 2.75) is 24.2 Å². The highest BCUT2D eigenvalue weighted by molar-refractivity contribution is 7.90. The van der Waals surface area contributed by atoms with Crippen LogP contribution < -0.4 is 0 Å². The van der Waals surface area contributed by atoms with E-state index in [-0.39, 0.29) is 22.4 Å². The summed E-state index contributed by atoms with van der Waals surface area (Å²) in [4.78, 5) is 15.8. The number of aromatic nitrogens is 4. The quantitative estimate of drug-likeness (QED) is 0.310. The first-order valence-corrected chi connectivity index (χ1v) is 11.3. The summed E-state index contributed by atoms with van der Waals surface area (Å²) in [6, 6.07) is 13.1. The number of methoxy groups -OCH3 is 1. The molecule has 160 valence electrons. The Morgan fingerprint density at radius 1 is 1.16 bits per heavy atom. The van der Waals surface area contributed by atoms with Crippen molar-refractivity contribution in [3.05, 3.63) is 71.8 Å². The van der Waals surface area contributed by atoms with Crippen LogP contribution in [0.2, 0.25) is 5.15 Å². The molecule has 4 rings (SSSR count). The SMILES string of the molecule is COC(=O)CCCc1cc2nc(Cl)ccc2n1S(=O)(=O)c1ccc(-n2cccn2)cc1. The Bertz CT molecular complexity index is 1330. The summed E-state index contributed by atoms with van der Waals surface area (Å²) in [5, 5.41) is 4.42. The number of aryl methyl sites for hydroxylation is 1. The van der Waals surface area contributed by atoms with Crippen LogP contribution in [0.5, 0.6) is 0 Å². The lowest BCUT2D eigenvalue weighted by molar-refractivity contribution is -0.140. The molecular formula is C21H19ClN4O4S. The van der Waals surface area contributed by atoms with Crippen LogP contribution in [-0.2, 0) is 26.0 Å². The second-order valence-electron chi connectivity index (χ2n) is 6.82. The highest BCUT2D eigenvalue weighted by atomic mass is 35.5. The average molecular weight is 459 g/mol. The molecule has 4 aromatic rings. The van der Waals surface area contributed by atoms with Gasteiger partial charge in [-0.1, -0.05) is 11.6 Å². The van der Waals surface area contributed by atoms with Gasteiger partial charge in [0.25, 0.3) is 10.0 Å². The number of fused-ring (bicyclic) bond motifs is 1. The van der Waals surface area contributed by atoms with Crippen molar-refractivity contribution in [1.29, 1.82) is 0 Å². The first-order chi connectivity index (χ1) is 14.9. The predicted molar refractivity (Wildman–Crippen MR) is 116 cm³/mol. The summed E-state index contributed by atoms with van der Waals surface area (Å²) in [6.45, 7) is 0. The van der Waals surface area contributed by atoms with E-state index in [2.05, 4.69) is 14.8 Å². The molecule has 0 bridgehead atoms. The molecule has 0 N–H and O–H groups in total. The average Bonchev–Trinajstić information content (AvgIpc) is 3.41. The highest BCUT2D eigenvalue weighted by Gasteiger charge is 2.24. The second-order valence-corrected chi connectivity index (χ2v) is 8.99. The zero-order chi connectivity index (χ0) is 22.0. The molecular weight excluding hydrogens is 440 g/mol. The predicted octanol–water partition coefficient (Wildman–Crippen LogP) is 3.61. The van der Waals surface area contributed by atoms with Crippen LogP contribution in [-0.4, -0.2) is 40.2 Å². The molecule has 0 aliphatic heterocycles. The number of ether oxygens (including phenoxy) is 1. The Hall–Kier alpha value is -3.17. The normalized spacial score (nSPS) is 11.7. The number of esters is 1. The summed E-state index contributed by atoms with van der Waals surface area (Å²) in [5.74, 6) is -0.346. The van der Waals surface area contributed by atoms with Gasteiger partial charge in [-0.25, -0.2) is 22.1 Å². The van der Waals surface area contributed by atoms with E-state index in [1.54, 1.807) is 65.6 Å². The number of nitrogens with zero attached hydrogens (tertiary/aromatic N) is 4. The van der Waals surface area contributed by atoms with Gasteiger partial charge in [-0.05, 0) is 61.4 Å². The third kappa shape index (κ3) is 4.19. The number of benzene rings is 1. The smallest absolute Gasteiger partial charge is 0.305 e. The topological polar surface area (TPSA) is 96.1 Å². The molecule has 0 saturated heterocycles. The van der Waals surface area contributed by atoms with Gasteiger partial charge in [0.15, 0.2) is 0 Å². The lowest BCUT2D eigenvalue weighted by Gasteiger charge is -2.12. The van der Waals surface area contributed by atoms with Crippen molar-refractivity contribution in [3.63, 3.8) is 0 Å². The maximum atomic E-state index is 13.6. The Balaban J connectivity index is 1.75. The number of pyridine rings is 1. The van der Waals surface area contributed by atoms with Crippen molar-refractivity contribution in [2.24, 2.45) is 0 Å². The first kappa shape index (κ1) is 21.1. The maximum Gasteiger partial charge on any atom is 0.305 e. The zero-order valence-electron chi connectivity index (χ0n) is 16.6. The van der Waals surface area contributed by atoms with Gasteiger partial charge in [-0.2, -0.15) is 5.10 Å². The molecule has 3 heterocycles. The van der Waals surface area contributed by atoms with Gasteiger partial charge in [0.05, 0.1) is 28.7 Å². The van der Waals surface area contributed by atoms with Crippen molar-refractivity contribution >= 4 is 38.6 Å². The fourth-order valence-corrected chi connectivity index (χ4v) is 5.07.